The van der Waals surface area contributed by atoms with E-state index in [0.29, 0.717) is 12.8 Å². The number of ether oxygens (including phenoxy) is 3. The van der Waals surface area contributed by atoms with Crippen LogP contribution in [0.1, 0.15) is 99.5 Å². The van der Waals surface area contributed by atoms with Gasteiger partial charge < -0.3 is 19.3 Å². The molecule has 0 amide bonds. The lowest BCUT2D eigenvalue weighted by Crippen LogP contribution is -2.63. The second-order valence-electron chi connectivity index (χ2n) is 13.0. The van der Waals surface area contributed by atoms with Gasteiger partial charge in [-0.25, -0.2) is 0 Å². The Morgan fingerprint density at radius 1 is 1.25 bits per heavy atom. The van der Waals surface area contributed by atoms with Crippen molar-refractivity contribution in [3.8, 4) is 0 Å². The Balaban J connectivity index is 1.47. The molecule has 7 heteroatoms. The number of carbonyl (C=O) groups is 3. The molecule has 0 unspecified atom stereocenters. The highest BCUT2D eigenvalue weighted by Gasteiger charge is 2.76. The quantitative estimate of drug-likeness (QED) is 0.472. The van der Waals surface area contributed by atoms with Crippen molar-refractivity contribution >= 4 is 17.5 Å². The topological polar surface area (TPSA) is 99.1 Å². The first kappa shape index (κ1) is 18.7. The van der Waals surface area contributed by atoms with Crippen molar-refractivity contribution in [1.29, 1.82) is 0 Å². The fourth-order valence-corrected chi connectivity index (χ4v) is 8.61. The fourth-order valence-electron chi connectivity index (χ4n) is 8.61. The number of fused-ring (bicyclic) bond motifs is 7. The Morgan fingerprint density at radius 3 is 2.67 bits per heavy atom. The number of rotatable bonds is 5. The molecular formula is C33H46O7. The van der Waals surface area contributed by atoms with Gasteiger partial charge in [0.25, 0.3) is 0 Å². The van der Waals surface area contributed by atoms with Crippen molar-refractivity contribution in [3.63, 3.8) is 0 Å². The minimum absolute atomic E-state index is 0.0700. The van der Waals surface area contributed by atoms with Crippen molar-refractivity contribution in [3.05, 3.63) is 23.8 Å². The molecule has 1 heterocycles. The molecule has 4 saturated carbocycles. The molecule has 1 N–H and O–H groups in total. The monoisotopic (exact) mass is 564 g/mol. The van der Waals surface area contributed by atoms with Crippen LogP contribution < -0.4 is 0 Å². The van der Waals surface area contributed by atoms with Crippen molar-refractivity contribution in [1.82, 2.24) is 0 Å². The van der Waals surface area contributed by atoms with Gasteiger partial charge in [-0.2, -0.15) is 0 Å². The minimum atomic E-state index is -3.62. The molecule has 40 heavy (non-hydrogen) atoms. The maximum absolute atomic E-state index is 14.6. The van der Waals surface area contributed by atoms with Gasteiger partial charge in [-0.1, -0.05) is 59.0 Å². The predicted octanol–water partition coefficient (Wildman–Crippen LogP) is 4.95. The Hall–Kier alpha value is -1.83. The van der Waals surface area contributed by atoms with E-state index in [9.17, 15) is 20.9 Å². The minimum Gasteiger partial charge on any atom is -0.457 e. The number of ketones is 2. The number of aliphatic hydroxyl groups is 1. The lowest BCUT2D eigenvalue weighted by Gasteiger charge is -2.59. The molecule has 6 aliphatic rings. The van der Waals surface area contributed by atoms with Crippen LogP contribution in [0.5, 0.6) is 0 Å². The van der Waals surface area contributed by atoms with Gasteiger partial charge in [-0.15, -0.1) is 0 Å². The second-order valence-corrected chi connectivity index (χ2v) is 13.0. The Labute approximate surface area is 252 Å². The molecule has 1 saturated heterocycles. The third kappa shape index (κ3) is 4.04. The molecule has 7 nitrogen and oxygen atoms in total. The number of carbonyl (C=O) groups excluding carboxylic acids is 3. The summed E-state index contributed by atoms with van der Waals surface area (Å²) >= 11 is 0. The fraction of sp³-hybridized carbons (Fsp3) is 0.788. The molecule has 1 aliphatic heterocycles. The van der Waals surface area contributed by atoms with Crippen LogP contribution in [-0.2, 0) is 28.6 Å². The van der Waals surface area contributed by atoms with E-state index in [2.05, 4.69) is 0 Å². The zero-order valence-corrected chi connectivity index (χ0v) is 23.7. The van der Waals surface area contributed by atoms with Crippen LogP contribution in [-0.4, -0.2) is 53.3 Å². The van der Waals surface area contributed by atoms with Gasteiger partial charge in [0, 0.05) is 36.3 Å². The summed E-state index contributed by atoms with van der Waals surface area (Å²) in [4.78, 5) is 39.4. The zero-order chi connectivity index (χ0) is 37.6. The molecule has 6 rings (SSSR count). The summed E-state index contributed by atoms with van der Waals surface area (Å²) in [6.45, 7) is 6.75. The molecule has 0 aromatic rings. The van der Waals surface area contributed by atoms with E-state index in [-0.39, 0.29) is 30.5 Å². The molecule has 0 radical (unpaired) electrons. The maximum atomic E-state index is 14.6. The summed E-state index contributed by atoms with van der Waals surface area (Å²) in [5, 5.41) is 12.0. The first-order valence-electron chi connectivity index (χ1n) is 19.3. The van der Waals surface area contributed by atoms with E-state index in [1.54, 1.807) is 26.8 Å². The lowest BCUT2D eigenvalue weighted by molar-refractivity contribution is -0.210. The highest BCUT2D eigenvalue weighted by atomic mass is 16.7. The van der Waals surface area contributed by atoms with Crippen LogP contribution in [0.4, 0.5) is 0 Å². The maximum Gasteiger partial charge on any atom is 0.308 e. The predicted molar refractivity (Wildman–Crippen MR) is 148 cm³/mol. The zero-order valence-electron chi connectivity index (χ0n) is 33.7. The molecule has 0 aromatic heterocycles. The molecule has 0 spiro atoms. The number of hydrogen-bond donors (Lipinski definition) is 1. The third-order valence-corrected chi connectivity index (χ3v) is 10.5. The van der Waals surface area contributed by atoms with Crippen LogP contribution in [0, 0.1) is 46.3 Å². The number of esters is 1. The molecule has 220 valence electrons. The van der Waals surface area contributed by atoms with E-state index >= 15 is 0 Å². The Kier molecular flexibility index (Phi) is 4.61. The lowest BCUT2D eigenvalue weighted by atomic mass is 9.46. The van der Waals surface area contributed by atoms with E-state index in [0.717, 1.165) is 12.5 Å². The summed E-state index contributed by atoms with van der Waals surface area (Å²) in [6, 6.07) is 0. The second kappa shape index (κ2) is 9.88. The summed E-state index contributed by atoms with van der Waals surface area (Å²) in [5.41, 5.74) is -3.24. The average Bonchev–Trinajstić information content (AvgIpc) is 3.51. The van der Waals surface area contributed by atoms with Crippen molar-refractivity contribution in [2.45, 2.75) is 110 Å². The summed E-state index contributed by atoms with van der Waals surface area (Å²) in [6.07, 6.45) is -12.9. The van der Waals surface area contributed by atoms with Gasteiger partial charge in [0.2, 0.25) is 5.78 Å². The van der Waals surface area contributed by atoms with Gasteiger partial charge >= 0.3 is 5.97 Å². The summed E-state index contributed by atoms with van der Waals surface area (Å²) < 4.78 is 106. The van der Waals surface area contributed by atoms with Crippen LogP contribution in [0.3, 0.4) is 0 Å². The first-order valence-corrected chi connectivity index (χ1v) is 14.3. The highest BCUT2D eigenvalue weighted by molar-refractivity contribution is 6.01. The summed E-state index contributed by atoms with van der Waals surface area (Å²) in [5.74, 6) is -9.81. The SMILES string of the molecule is [2H]C1([2H])C([2H])([2H])C([2H])([C@@H]2O[C@@H]3C[C@H]4[C@@H]5CCC6=CC(=O)C=C[C@]6(C)[C@H]5[C@@H](O)C[C@]4(C)[C@]3(C(=O)COC(=O)C(C)C)O2)C([2H])([2H])C([2H])([2H])C1([2H])C. The smallest absolute Gasteiger partial charge is 0.308 e. The van der Waals surface area contributed by atoms with E-state index in [4.69, 9.17) is 26.5 Å². The standard InChI is InChI=1S/C33H46O7/c1-18(2)29(37)38-17-26(36)33-27(39-30(40-33)20-8-6-19(3)7-9-20)15-24-23-11-10-21-14-22(34)12-13-31(21,4)28(23)25(35)16-32(24,33)5/h12-14,18-20,23-25,27-28,30,35H,6-11,15-17H2,1-5H3/t19?,20?,23-,24-,25-,27+,28+,30+,31-,32-,33+/m0/s1/i6D2,7D2,8D2,9D2,19D,20D. The van der Waals surface area contributed by atoms with Gasteiger partial charge in [0.1, 0.15) is 0 Å². The number of Topliss-reactive ketones (excluding diaryl/α,β-unsaturated/α-hetero) is 1. The van der Waals surface area contributed by atoms with Crippen molar-refractivity contribution in [2.24, 2.45) is 46.3 Å². The van der Waals surface area contributed by atoms with Gasteiger partial charge in [0.05, 0.1) is 18.1 Å². The van der Waals surface area contributed by atoms with E-state index in [1.807, 2.05) is 13.0 Å². The van der Waals surface area contributed by atoms with Crippen molar-refractivity contribution in [2.75, 3.05) is 6.61 Å². The molecule has 0 bridgehead atoms. The normalized spacial score (nSPS) is 60.1. The number of aliphatic hydroxyl groups excluding tert-OH is 1. The van der Waals surface area contributed by atoms with Gasteiger partial charge in [-0.05, 0) is 68.3 Å². The first-order chi connectivity index (χ1) is 22.6. The van der Waals surface area contributed by atoms with E-state index < -0.39 is 102 Å². The summed E-state index contributed by atoms with van der Waals surface area (Å²) in [7, 11) is 0. The van der Waals surface area contributed by atoms with Crippen LogP contribution >= 0.6 is 0 Å². The van der Waals surface area contributed by atoms with Crippen LogP contribution in [0.15, 0.2) is 23.8 Å². The van der Waals surface area contributed by atoms with Crippen molar-refractivity contribution < 1.29 is 47.4 Å². The molecule has 0 aromatic carbocycles. The van der Waals surface area contributed by atoms with Crippen LogP contribution in [0.25, 0.3) is 0 Å². The van der Waals surface area contributed by atoms with E-state index in [1.165, 1.54) is 6.08 Å². The van der Waals surface area contributed by atoms with Crippen LogP contribution in [0.2, 0.25) is 0 Å². The largest absolute Gasteiger partial charge is 0.457 e. The third-order valence-electron chi connectivity index (χ3n) is 10.5. The molecular weight excluding hydrogens is 508 g/mol. The molecule has 5 aliphatic carbocycles. The molecule has 9 atom stereocenters. The Morgan fingerprint density at radius 2 is 1.98 bits per heavy atom. The number of hydrogen-bond acceptors (Lipinski definition) is 7. The highest BCUT2D eigenvalue weighted by Crippen LogP contribution is 2.70. The van der Waals surface area contributed by atoms with Gasteiger partial charge in [0.15, 0.2) is 24.3 Å². The molecule has 5 fully saturated rings. The van der Waals surface area contributed by atoms with Gasteiger partial charge in [-0.3, -0.25) is 14.4 Å². The Bertz CT molecular complexity index is 1540. The average molecular weight is 565 g/mol. The number of allylic oxidation sites excluding steroid dienone is 4.